The molecular formula is C32H23N. The van der Waals surface area contributed by atoms with Crippen molar-refractivity contribution in [3.8, 4) is 50.6 Å². The normalized spacial score (nSPS) is 10.5. The second-order valence-corrected chi connectivity index (χ2v) is 8.08. The molecule has 156 valence electrons. The summed E-state index contributed by atoms with van der Waals surface area (Å²) in [7, 11) is 0. The van der Waals surface area contributed by atoms with Crippen LogP contribution in [0.25, 0.3) is 44.5 Å². The Bertz CT molecular complexity index is 1330. The number of benzene rings is 5. The maximum Gasteiger partial charge on any atom is 0.100 e. The zero-order chi connectivity index (χ0) is 22.6. The lowest BCUT2D eigenvalue weighted by Gasteiger charge is -2.24. The predicted molar refractivity (Wildman–Crippen MR) is 138 cm³/mol. The molecule has 0 fully saturated rings. The van der Waals surface area contributed by atoms with E-state index >= 15 is 0 Å². The van der Waals surface area contributed by atoms with Gasteiger partial charge in [0.15, 0.2) is 0 Å². The lowest BCUT2D eigenvalue weighted by atomic mass is 9.78. The van der Waals surface area contributed by atoms with E-state index < -0.39 is 0 Å². The summed E-state index contributed by atoms with van der Waals surface area (Å²) in [6.07, 6.45) is 0. The summed E-state index contributed by atoms with van der Waals surface area (Å²) in [5.74, 6) is 0. The van der Waals surface area contributed by atoms with Gasteiger partial charge in [-0.1, -0.05) is 121 Å². The molecule has 0 aromatic heterocycles. The fourth-order valence-corrected chi connectivity index (χ4v) is 4.71. The summed E-state index contributed by atoms with van der Waals surface area (Å²) in [6.45, 7) is 2.19. The third-order valence-corrected chi connectivity index (χ3v) is 6.11. The highest BCUT2D eigenvalue weighted by atomic mass is 14.3. The summed E-state index contributed by atoms with van der Waals surface area (Å²) in [5.41, 5.74) is 10.4. The van der Waals surface area contributed by atoms with Crippen LogP contribution in [-0.4, -0.2) is 0 Å². The average molecular weight is 422 g/mol. The van der Waals surface area contributed by atoms with Crippen LogP contribution in [0.15, 0.2) is 121 Å². The van der Waals surface area contributed by atoms with Crippen molar-refractivity contribution in [2.24, 2.45) is 0 Å². The molecule has 0 spiro atoms. The number of nitriles is 1. The number of rotatable bonds is 4. The molecule has 0 amide bonds. The lowest BCUT2D eigenvalue weighted by molar-refractivity contribution is 1.40. The van der Waals surface area contributed by atoms with Crippen molar-refractivity contribution >= 4 is 0 Å². The van der Waals surface area contributed by atoms with Gasteiger partial charge in [0.2, 0.25) is 0 Å². The quantitative estimate of drug-likeness (QED) is 0.285. The molecule has 0 aliphatic rings. The highest BCUT2D eigenvalue weighted by Gasteiger charge is 2.25. The molecule has 1 heteroatoms. The van der Waals surface area contributed by atoms with Crippen LogP contribution in [-0.2, 0) is 0 Å². The van der Waals surface area contributed by atoms with E-state index in [2.05, 4.69) is 85.8 Å². The first-order valence-electron chi connectivity index (χ1n) is 11.1. The van der Waals surface area contributed by atoms with Crippen molar-refractivity contribution in [1.82, 2.24) is 0 Å². The molecular weight excluding hydrogens is 398 g/mol. The van der Waals surface area contributed by atoms with Gasteiger partial charge in [-0.15, -0.1) is 0 Å². The minimum Gasteiger partial charge on any atom is -0.192 e. The summed E-state index contributed by atoms with van der Waals surface area (Å²) in [4.78, 5) is 0. The van der Waals surface area contributed by atoms with E-state index in [4.69, 9.17) is 0 Å². The predicted octanol–water partition coefficient (Wildman–Crippen LogP) is 8.53. The molecule has 0 aliphatic heterocycles. The standard InChI is InChI=1S/C32H23N/c1-23-29(24-14-6-2-7-15-24)31(26-18-10-4-11-19-26)28(22-33)32(27-20-12-5-13-21-27)30(23)25-16-8-3-9-17-25/h2-21H,1H3. The molecule has 0 unspecified atom stereocenters. The monoisotopic (exact) mass is 421 g/mol. The third kappa shape index (κ3) is 3.73. The van der Waals surface area contributed by atoms with Gasteiger partial charge in [-0.05, 0) is 45.9 Å². The van der Waals surface area contributed by atoms with Crippen LogP contribution >= 0.6 is 0 Å². The van der Waals surface area contributed by atoms with Crippen LogP contribution in [0.3, 0.4) is 0 Å². The largest absolute Gasteiger partial charge is 0.192 e. The third-order valence-electron chi connectivity index (χ3n) is 6.11. The van der Waals surface area contributed by atoms with Gasteiger partial charge in [0.1, 0.15) is 6.07 Å². The van der Waals surface area contributed by atoms with Gasteiger partial charge in [-0.25, -0.2) is 0 Å². The van der Waals surface area contributed by atoms with Gasteiger partial charge in [-0.3, -0.25) is 0 Å². The summed E-state index contributed by atoms with van der Waals surface area (Å²) >= 11 is 0. The molecule has 0 saturated carbocycles. The van der Waals surface area contributed by atoms with E-state index in [1.165, 1.54) is 5.56 Å². The van der Waals surface area contributed by atoms with E-state index in [1.54, 1.807) is 0 Å². The molecule has 33 heavy (non-hydrogen) atoms. The minimum atomic E-state index is 0.704. The summed E-state index contributed by atoms with van der Waals surface area (Å²) in [6, 6.07) is 44.0. The van der Waals surface area contributed by atoms with Crippen molar-refractivity contribution in [3.05, 3.63) is 132 Å². The number of nitrogens with zero attached hydrogens (tertiary/aromatic N) is 1. The number of hydrogen-bond acceptors (Lipinski definition) is 1. The summed E-state index contributed by atoms with van der Waals surface area (Å²) < 4.78 is 0. The van der Waals surface area contributed by atoms with Crippen LogP contribution in [0.4, 0.5) is 0 Å². The SMILES string of the molecule is Cc1c(-c2ccccc2)c(-c2ccccc2)c(C#N)c(-c2ccccc2)c1-c1ccccc1. The molecule has 0 heterocycles. The molecule has 0 saturated heterocycles. The highest BCUT2D eigenvalue weighted by Crippen LogP contribution is 2.48. The van der Waals surface area contributed by atoms with Crippen LogP contribution in [0, 0.1) is 18.3 Å². The zero-order valence-corrected chi connectivity index (χ0v) is 18.5. The number of hydrogen-bond donors (Lipinski definition) is 0. The molecule has 0 aliphatic carbocycles. The van der Waals surface area contributed by atoms with Crippen LogP contribution in [0.1, 0.15) is 11.1 Å². The van der Waals surface area contributed by atoms with Gasteiger partial charge in [0.25, 0.3) is 0 Å². The Morgan fingerprint density at radius 2 is 0.697 bits per heavy atom. The van der Waals surface area contributed by atoms with Crippen LogP contribution in [0.2, 0.25) is 0 Å². The van der Waals surface area contributed by atoms with Gasteiger partial charge >= 0.3 is 0 Å². The van der Waals surface area contributed by atoms with E-state index in [-0.39, 0.29) is 0 Å². The Morgan fingerprint density at radius 1 is 0.424 bits per heavy atom. The topological polar surface area (TPSA) is 23.8 Å². The smallest absolute Gasteiger partial charge is 0.100 e. The minimum absolute atomic E-state index is 0.704. The second kappa shape index (κ2) is 8.99. The molecule has 5 aromatic carbocycles. The second-order valence-electron chi connectivity index (χ2n) is 8.08. The highest BCUT2D eigenvalue weighted by molar-refractivity contribution is 6.02. The fourth-order valence-electron chi connectivity index (χ4n) is 4.71. The van der Waals surface area contributed by atoms with Gasteiger partial charge in [0, 0.05) is 11.1 Å². The molecule has 0 bridgehead atoms. The van der Waals surface area contributed by atoms with Crippen molar-refractivity contribution in [2.45, 2.75) is 6.92 Å². The van der Waals surface area contributed by atoms with E-state index in [0.29, 0.717) is 5.56 Å². The maximum absolute atomic E-state index is 10.6. The summed E-state index contributed by atoms with van der Waals surface area (Å²) in [5, 5.41) is 10.6. The molecule has 1 nitrogen and oxygen atoms in total. The van der Waals surface area contributed by atoms with Gasteiger partial charge in [0.05, 0.1) is 5.56 Å². The van der Waals surface area contributed by atoms with Crippen molar-refractivity contribution in [3.63, 3.8) is 0 Å². The average Bonchev–Trinajstić information content (AvgIpc) is 2.90. The zero-order valence-electron chi connectivity index (χ0n) is 18.5. The lowest BCUT2D eigenvalue weighted by Crippen LogP contribution is -2.01. The molecule has 0 N–H and O–H groups in total. The van der Waals surface area contributed by atoms with E-state index in [9.17, 15) is 5.26 Å². The van der Waals surface area contributed by atoms with Gasteiger partial charge in [-0.2, -0.15) is 5.26 Å². The molecule has 0 atom stereocenters. The Kier molecular flexibility index (Phi) is 5.58. The van der Waals surface area contributed by atoms with Crippen molar-refractivity contribution in [2.75, 3.05) is 0 Å². The van der Waals surface area contributed by atoms with Crippen molar-refractivity contribution in [1.29, 1.82) is 5.26 Å². The van der Waals surface area contributed by atoms with Crippen LogP contribution < -0.4 is 0 Å². The molecule has 0 radical (unpaired) electrons. The molecule has 5 aromatic rings. The fraction of sp³-hybridized carbons (Fsp3) is 0.0312. The van der Waals surface area contributed by atoms with Crippen molar-refractivity contribution < 1.29 is 0 Å². The maximum atomic E-state index is 10.6. The van der Waals surface area contributed by atoms with E-state index in [0.717, 1.165) is 44.5 Å². The van der Waals surface area contributed by atoms with Crippen LogP contribution in [0.5, 0.6) is 0 Å². The first kappa shape index (κ1) is 20.5. The van der Waals surface area contributed by atoms with Gasteiger partial charge < -0.3 is 0 Å². The first-order valence-corrected chi connectivity index (χ1v) is 11.1. The Balaban J connectivity index is 2.01. The molecule has 5 rings (SSSR count). The Morgan fingerprint density at radius 3 is 0.970 bits per heavy atom. The van der Waals surface area contributed by atoms with E-state index in [1.807, 2.05) is 48.5 Å². The Labute approximate surface area is 195 Å². The first-order chi connectivity index (χ1) is 16.3. The Hall–Kier alpha value is -4.41.